The number of aromatic amines is 1. The van der Waals surface area contributed by atoms with Crippen molar-refractivity contribution in [3.05, 3.63) is 75.8 Å². The van der Waals surface area contributed by atoms with E-state index in [0.29, 0.717) is 23.3 Å². The molecule has 0 saturated heterocycles. The first-order valence-corrected chi connectivity index (χ1v) is 7.59. The Bertz CT molecular complexity index is 939. The van der Waals surface area contributed by atoms with Crippen molar-refractivity contribution in [1.82, 2.24) is 14.9 Å². The lowest BCUT2D eigenvalue weighted by molar-refractivity contribution is 0.241. The van der Waals surface area contributed by atoms with Crippen molar-refractivity contribution in [3.63, 3.8) is 0 Å². The van der Waals surface area contributed by atoms with E-state index in [1.54, 1.807) is 37.1 Å². The topological polar surface area (TPSA) is 49.0 Å². The van der Waals surface area contributed by atoms with Gasteiger partial charge in [-0.05, 0) is 44.3 Å². The maximum absolute atomic E-state index is 13.9. The number of H-pyrrole nitrogens is 1. The zero-order chi connectivity index (χ0) is 17.3. The van der Waals surface area contributed by atoms with E-state index >= 15 is 0 Å². The molecular weight excluding hydrogens is 312 g/mol. The lowest BCUT2D eigenvalue weighted by Crippen LogP contribution is -2.25. The minimum Gasteiger partial charge on any atom is -0.309 e. The Hall–Kier alpha value is -2.60. The fourth-order valence-corrected chi connectivity index (χ4v) is 2.66. The summed E-state index contributed by atoms with van der Waals surface area (Å²) in [7, 11) is 1.77. The molecule has 0 aliphatic heterocycles. The maximum atomic E-state index is 13.9. The summed E-state index contributed by atoms with van der Waals surface area (Å²) in [5, 5.41) is 0.521. The van der Waals surface area contributed by atoms with E-state index in [2.05, 4.69) is 9.97 Å². The Morgan fingerprint density at radius 3 is 2.75 bits per heavy atom. The summed E-state index contributed by atoms with van der Waals surface area (Å²) in [4.78, 5) is 21.1. The number of fused-ring (bicyclic) bond motifs is 1. The van der Waals surface area contributed by atoms with Crippen molar-refractivity contribution in [2.75, 3.05) is 7.05 Å². The number of hydrogen-bond acceptors (Lipinski definition) is 3. The molecule has 0 fully saturated rings. The van der Waals surface area contributed by atoms with E-state index in [0.717, 1.165) is 12.1 Å². The van der Waals surface area contributed by atoms with Gasteiger partial charge in [-0.15, -0.1) is 0 Å². The maximum Gasteiger partial charge on any atom is 0.258 e. The molecule has 3 aromatic rings. The Morgan fingerprint density at radius 1 is 1.21 bits per heavy atom. The van der Waals surface area contributed by atoms with E-state index in [4.69, 9.17) is 0 Å². The average molecular weight is 329 g/mol. The van der Waals surface area contributed by atoms with Crippen LogP contribution in [0.3, 0.4) is 0 Å². The molecule has 0 aliphatic carbocycles. The van der Waals surface area contributed by atoms with E-state index in [1.807, 2.05) is 6.07 Å². The molecule has 0 radical (unpaired) electrons. The van der Waals surface area contributed by atoms with Crippen LogP contribution in [0.5, 0.6) is 0 Å². The molecule has 0 aliphatic rings. The minimum absolute atomic E-state index is 0.214. The molecule has 0 spiro atoms. The van der Waals surface area contributed by atoms with Crippen LogP contribution in [0.25, 0.3) is 10.9 Å². The predicted molar refractivity (Wildman–Crippen MR) is 88.6 cm³/mol. The van der Waals surface area contributed by atoms with Crippen LogP contribution >= 0.6 is 0 Å². The van der Waals surface area contributed by atoms with Crippen LogP contribution in [0.2, 0.25) is 0 Å². The number of benzene rings is 2. The van der Waals surface area contributed by atoms with Gasteiger partial charge in [0.15, 0.2) is 0 Å². The van der Waals surface area contributed by atoms with Crippen molar-refractivity contribution < 1.29 is 8.78 Å². The van der Waals surface area contributed by atoms with Gasteiger partial charge in [0.05, 0.1) is 17.4 Å². The van der Waals surface area contributed by atoms with E-state index < -0.39 is 11.6 Å². The quantitative estimate of drug-likeness (QED) is 0.798. The minimum atomic E-state index is -0.483. The second-order valence-corrected chi connectivity index (χ2v) is 5.79. The van der Waals surface area contributed by atoms with Crippen LogP contribution in [0.4, 0.5) is 8.78 Å². The second-order valence-electron chi connectivity index (χ2n) is 5.79. The van der Waals surface area contributed by atoms with Gasteiger partial charge < -0.3 is 4.98 Å². The monoisotopic (exact) mass is 329 g/mol. The SMILES string of the molecule is C[C@@H](c1cc(F)ccc1F)N(C)Cc1nc2ccccc2c(=O)[nH]1. The Labute approximate surface area is 137 Å². The molecule has 3 rings (SSSR count). The van der Waals surface area contributed by atoms with Gasteiger partial charge in [0.25, 0.3) is 5.56 Å². The summed E-state index contributed by atoms with van der Waals surface area (Å²) >= 11 is 0. The van der Waals surface area contributed by atoms with Gasteiger partial charge in [-0.3, -0.25) is 9.69 Å². The molecule has 1 heterocycles. The molecule has 4 nitrogen and oxygen atoms in total. The normalized spacial score (nSPS) is 12.7. The summed E-state index contributed by atoms with van der Waals surface area (Å²) in [5.74, 6) is -0.468. The number of hydrogen-bond donors (Lipinski definition) is 1. The molecule has 24 heavy (non-hydrogen) atoms. The number of aromatic nitrogens is 2. The first kappa shape index (κ1) is 16.3. The average Bonchev–Trinajstić information content (AvgIpc) is 2.56. The Kier molecular flexibility index (Phi) is 4.40. The van der Waals surface area contributed by atoms with Crippen LogP contribution in [-0.2, 0) is 6.54 Å². The van der Waals surface area contributed by atoms with Gasteiger partial charge in [0.2, 0.25) is 0 Å². The lowest BCUT2D eigenvalue weighted by Gasteiger charge is -2.25. The molecule has 0 unspecified atom stereocenters. The van der Waals surface area contributed by atoms with Crippen molar-refractivity contribution in [2.45, 2.75) is 19.5 Å². The van der Waals surface area contributed by atoms with Crippen LogP contribution in [0, 0.1) is 11.6 Å². The van der Waals surface area contributed by atoms with E-state index in [-0.39, 0.29) is 17.2 Å². The smallest absolute Gasteiger partial charge is 0.258 e. The highest BCUT2D eigenvalue weighted by Gasteiger charge is 2.18. The molecule has 1 atom stereocenters. The van der Waals surface area contributed by atoms with Gasteiger partial charge in [0, 0.05) is 11.6 Å². The van der Waals surface area contributed by atoms with Gasteiger partial charge >= 0.3 is 0 Å². The lowest BCUT2D eigenvalue weighted by atomic mass is 10.1. The number of halogens is 2. The molecule has 0 amide bonds. The van der Waals surface area contributed by atoms with Crippen molar-refractivity contribution in [2.24, 2.45) is 0 Å². The Morgan fingerprint density at radius 2 is 1.96 bits per heavy atom. The Balaban J connectivity index is 1.88. The van der Waals surface area contributed by atoms with Crippen molar-refractivity contribution >= 4 is 10.9 Å². The van der Waals surface area contributed by atoms with Gasteiger partial charge in [0.1, 0.15) is 17.5 Å². The summed E-state index contributed by atoms with van der Waals surface area (Å²) in [6.07, 6.45) is 0. The zero-order valence-corrected chi connectivity index (χ0v) is 13.4. The number of rotatable bonds is 4. The molecule has 0 saturated carbocycles. The standard InChI is InChI=1S/C18H17F2N3O/c1-11(14-9-12(19)7-8-15(14)20)23(2)10-17-21-16-6-4-3-5-13(16)18(24)22-17/h3-9,11H,10H2,1-2H3,(H,21,22,24)/t11-/m0/s1. The molecular formula is C18H17F2N3O. The molecule has 1 N–H and O–H groups in total. The number of para-hydroxylation sites is 1. The zero-order valence-electron chi connectivity index (χ0n) is 13.4. The summed E-state index contributed by atoms with van der Waals surface area (Å²) in [6, 6.07) is 10.1. The van der Waals surface area contributed by atoms with Crippen molar-refractivity contribution in [3.8, 4) is 0 Å². The summed E-state index contributed by atoms with van der Waals surface area (Å²) < 4.78 is 27.3. The van der Waals surface area contributed by atoms with E-state index in [9.17, 15) is 13.6 Å². The fourth-order valence-electron chi connectivity index (χ4n) is 2.66. The van der Waals surface area contributed by atoms with Gasteiger partial charge in [-0.2, -0.15) is 0 Å². The first-order chi connectivity index (χ1) is 11.5. The molecule has 6 heteroatoms. The third-order valence-electron chi connectivity index (χ3n) is 4.13. The predicted octanol–water partition coefficient (Wildman–Crippen LogP) is 3.39. The van der Waals surface area contributed by atoms with E-state index in [1.165, 1.54) is 6.07 Å². The molecule has 1 aromatic heterocycles. The number of nitrogens with zero attached hydrogens (tertiary/aromatic N) is 2. The van der Waals surface area contributed by atoms with Crippen LogP contribution < -0.4 is 5.56 Å². The molecule has 2 aromatic carbocycles. The third-order valence-corrected chi connectivity index (χ3v) is 4.13. The van der Waals surface area contributed by atoms with Gasteiger partial charge in [-0.25, -0.2) is 13.8 Å². The fraction of sp³-hybridized carbons (Fsp3) is 0.222. The molecule has 124 valence electrons. The van der Waals surface area contributed by atoms with Crippen molar-refractivity contribution in [1.29, 1.82) is 0 Å². The van der Waals surface area contributed by atoms with Crippen LogP contribution in [0.15, 0.2) is 47.3 Å². The molecule has 0 bridgehead atoms. The second kappa shape index (κ2) is 6.49. The largest absolute Gasteiger partial charge is 0.309 e. The number of nitrogens with one attached hydrogen (secondary N) is 1. The van der Waals surface area contributed by atoms with Crippen LogP contribution in [0.1, 0.15) is 24.4 Å². The third kappa shape index (κ3) is 3.19. The first-order valence-electron chi connectivity index (χ1n) is 7.59. The highest BCUT2D eigenvalue weighted by Crippen LogP contribution is 2.23. The highest BCUT2D eigenvalue weighted by molar-refractivity contribution is 5.77. The van der Waals surface area contributed by atoms with Gasteiger partial charge in [-0.1, -0.05) is 12.1 Å². The summed E-state index contributed by atoms with van der Waals surface area (Å²) in [6.45, 7) is 2.08. The highest BCUT2D eigenvalue weighted by atomic mass is 19.1. The van der Waals surface area contributed by atoms with Crippen LogP contribution in [-0.4, -0.2) is 21.9 Å². The summed E-state index contributed by atoms with van der Waals surface area (Å²) in [5.41, 5.74) is 0.656.